The molecule has 0 saturated carbocycles. The maximum absolute atomic E-state index is 5.00. The molecule has 6 rings (SSSR count). The van der Waals surface area contributed by atoms with Crippen molar-refractivity contribution in [2.24, 2.45) is 0 Å². The van der Waals surface area contributed by atoms with Gasteiger partial charge in [0.25, 0.3) is 0 Å². The second-order valence-corrected chi connectivity index (χ2v) is 8.44. The summed E-state index contributed by atoms with van der Waals surface area (Å²) in [5, 5.41) is 13.2. The van der Waals surface area contributed by atoms with Gasteiger partial charge < -0.3 is 10.3 Å². The molecule has 0 spiro atoms. The number of aromatic nitrogens is 5. The predicted octanol–water partition coefficient (Wildman–Crippen LogP) is 4.70. The van der Waals surface area contributed by atoms with Crippen molar-refractivity contribution < 1.29 is 0 Å². The van der Waals surface area contributed by atoms with Gasteiger partial charge >= 0.3 is 0 Å². The molecule has 29 heavy (non-hydrogen) atoms. The minimum Gasteiger partial charge on any atom is -0.336 e. The molecular weight excluding hydrogens is 380 g/mol. The summed E-state index contributed by atoms with van der Waals surface area (Å²) < 4.78 is 0. The Morgan fingerprint density at radius 3 is 2.69 bits per heavy atom. The zero-order chi connectivity index (χ0) is 19.2. The molecule has 3 N–H and O–H groups in total. The number of aromatic amines is 2. The summed E-state index contributed by atoms with van der Waals surface area (Å²) in [5.74, 6) is 1.26. The summed E-state index contributed by atoms with van der Waals surface area (Å²) in [4.78, 5) is 14.6. The molecule has 7 heteroatoms. The molecular formula is C22H20N6S. The van der Waals surface area contributed by atoms with Crippen LogP contribution in [0.3, 0.4) is 0 Å². The van der Waals surface area contributed by atoms with E-state index in [1.165, 1.54) is 4.88 Å². The molecule has 144 valence electrons. The lowest BCUT2D eigenvalue weighted by atomic mass is 9.94. The highest BCUT2D eigenvalue weighted by atomic mass is 32.1. The number of pyridine rings is 1. The number of hydrogen-bond donors (Lipinski definition) is 3. The van der Waals surface area contributed by atoms with Crippen molar-refractivity contribution in [3.63, 3.8) is 0 Å². The third-order valence-corrected chi connectivity index (χ3v) is 6.61. The van der Waals surface area contributed by atoms with E-state index in [0.29, 0.717) is 5.92 Å². The van der Waals surface area contributed by atoms with Crippen LogP contribution in [0.15, 0.2) is 47.8 Å². The lowest BCUT2D eigenvalue weighted by Crippen LogP contribution is -2.27. The number of imidazole rings is 1. The number of para-hydroxylation sites is 1. The first-order valence-corrected chi connectivity index (χ1v) is 10.8. The first-order valence-electron chi connectivity index (χ1n) is 9.95. The molecule has 4 aromatic heterocycles. The topological polar surface area (TPSA) is 82.3 Å². The Balaban J connectivity index is 1.48. The highest BCUT2D eigenvalue weighted by molar-refractivity contribution is 7.13. The Morgan fingerprint density at radius 2 is 1.83 bits per heavy atom. The van der Waals surface area contributed by atoms with Gasteiger partial charge in [-0.1, -0.05) is 18.2 Å². The van der Waals surface area contributed by atoms with Crippen molar-refractivity contribution in [1.82, 2.24) is 30.5 Å². The Bertz CT molecular complexity index is 1290. The molecule has 1 fully saturated rings. The van der Waals surface area contributed by atoms with Crippen LogP contribution in [0.5, 0.6) is 0 Å². The monoisotopic (exact) mass is 400 g/mol. The molecule has 1 aliphatic heterocycles. The minimum absolute atomic E-state index is 0.504. The van der Waals surface area contributed by atoms with Crippen LogP contribution in [0.25, 0.3) is 44.0 Å². The lowest BCUT2D eigenvalue weighted by molar-refractivity contribution is 0.454. The first kappa shape index (κ1) is 16.9. The van der Waals surface area contributed by atoms with Gasteiger partial charge in [0.15, 0.2) is 11.5 Å². The smallest absolute Gasteiger partial charge is 0.161 e. The van der Waals surface area contributed by atoms with E-state index in [2.05, 4.69) is 68.3 Å². The van der Waals surface area contributed by atoms with Crippen LogP contribution in [0.4, 0.5) is 0 Å². The molecule has 1 aromatic carbocycles. The van der Waals surface area contributed by atoms with Gasteiger partial charge in [-0.3, -0.25) is 5.10 Å². The van der Waals surface area contributed by atoms with Crippen LogP contribution in [-0.4, -0.2) is 38.2 Å². The molecule has 5 aromatic rings. The third kappa shape index (κ3) is 2.85. The average Bonchev–Trinajstić information content (AvgIpc) is 3.52. The van der Waals surface area contributed by atoms with Gasteiger partial charge in [-0.15, -0.1) is 11.3 Å². The number of hydrogen-bond acceptors (Lipinski definition) is 5. The first-order chi connectivity index (χ1) is 14.4. The summed E-state index contributed by atoms with van der Waals surface area (Å²) >= 11 is 1.72. The fourth-order valence-corrected chi connectivity index (χ4v) is 4.95. The van der Waals surface area contributed by atoms with Crippen LogP contribution in [0, 0.1) is 0 Å². The SMILES string of the molecule is c1csc(-c2cccc3[nH]c(-c4n[nH]c5ccc(C6CCNCC6)nc45)nc23)c1. The Kier molecular flexibility index (Phi) is 3.95. The standard InChI is InChI=1S/C22H20N6S/c1-3-14(18-5-2-12-29-18)19-16(4-1)25-22(26-19)21-20-17(27-28-21)7-6-15(24-20)13-8-10-23-11-9-13/h1-7,12-13,23H,8-11H2,(H,25,26)(H,27,28). The van der Waals surface area contributed by atoms with Crippen molar-refractivity contribution >= 4 is 33.4 Å². The summed E-state index contributed by atoms with van der Waals surface area (Å²) in [6.45, 7) is 2.11. The summed E-state index contributed by atoms with van der Waals surface area (Å²) in [7, 11) is 0. The van der Waals surface area contributed by atoms with E-state index >= 15 is 0 Å². The van der Waals surface area contributed by atoms with Crippen LogP contribution >= 0.6 is 11.3 Å². The fraction of sp³-hybridized carbons (Fsp3) is 0.227. The van der Waals surface area contributed by atoms with Crippen LogP contribution in [-0.2, 0) is 0 Å². The lowest BCUT2D eigenvalue weighted by Gasteiger charge is -2.22. The summed E-state index contributed by atoms with van der Waals surface area (Å²) in [6.07, 6.45) is 2.25. The molecule has 6 nitrogen and oxygen atoms in total. The number of nitrogens with one attached hydrogen (secondary N) is 3. The van der Waals surface area contributed by atoms with E-state index in [1.807, 2.05) is 0 Å². The zero-order valence-electron chi connectivity index (χ0n) is 15.8. The number of H-pyrrole nitrogens is 2. The zero-order valence-corrected chi connectivity index (χ0v) is 16.6. The van der Waals surface area contributed by atoms with E-state index in [1.54, 1.807) is 11.3 Å². The number of fused-ring (bicyclic) bond motifs is 2. The van der Waals surface area contributed by atoms with Gasteiger partial charge in [0, 0.05) is 22.1 Å². The van der Waals surface area contributed by atoms with Crippen molar-refractivity contribution in [1.29, 1.82) is 0 Å². The molecule has 0 bridgehead atoms. The van der Waals surface area contributed by atoms with Crippen molar-refractivity contribution in [2.45, 2.75) is 18.8 Å². The maximum Gasteiger partial charge on any atom is 0.161 e. The number of rotatable bonds is 3. The Morgan fingerprint density at radius 1 is 0.897 bits per heavy atom. The van der Waals surface area contributed by atoms with Crippen molar-refractivity contribution in [3.05, 3.63) is 53.5 Å². The number of benzene rings is 1. The number of nitrogens with zero attached hydrogens (tertiary/aromatic N) is 3. The van der Waals surface area contributed by atoms with Gasteiger partial charge in [-0.25, -0.2) is 9.97 Å². The van der Waals surface area contributed by atoms with E-state index < -0.39 is 0 Å². The molecule has 0 atom stereocenters. The molecule has 0 amide bonds. The largest absolute Gasteiger partial charge is 0.336 e. The minimum atomic E-state index is 0.504. The number of thiophene rings is 1. The second-order valence-electron chi connectivity index (χ2n) is 7.49. The molecule has 0 unspecified atom stereocenters. The highest BCUT2D eigenvalue weighted by Crippen LogP contribution is 2.33. The average molecular weight is 401 g/mol. The van der Waals surface area contributed by atoms with Crippen LogP contribution in [0.1, 0.15) is 24.5 Å². The van der Waals surface area contributed by atoms with Crippen molar-refractivity contribution in [3.8, 4) is 22.0 Å². The van der Waals surface area contributed by atoms with Gasteiger partial charge in [0.1, 0.15) is 5.52 Å². The Hall–Kier alpha value is -3.03. The highest BCUT2D eigenvalue weighted by Gasteiger charge is 2.20. The third-order valence-electron chi connectivity index (χ3n) is 5.71. The summed E-state index contributed by atoms with van der Waals surface area (Å²) in [5.41, 5.74) is 6.88. The predicted molar refractivity (Wildman–Crippen MR) is 117 cm³/mol. The van der Waals surface area contributed by atoms with Gasteiger partial charge in [-0.2, -0.15) is 5.10 Å². The van der Waals surface area contributed by atoms with E-state index in [-0.39, 0.29) is 0 Å². The molecule has 5 heterocycles. The van der Waals surface area contributed by atoms with Crippen LogP contribution < -0.4 is 5.32 Å². The van der Waals surface area contributed by atoms with E-state index in [9.17, 15) is 0 Å². The molecule has 0 radical (unpaired) electrons. The summed E-state index contributed by atoms with van der Waals surface area (Å²) in [6, 6.07) is 14.7. The van der Waals surface area contributed by atoms with Gasteiger partial charge in [0.05, 0.1) is 16.6 Å². The van der Waals surface area contributed by atoms with Gasteiger partial charge in [-0.05, 0) is 55.6 Å². The van der Waals surface area contributed by atoms with E-state index in [0.717, 1.165) is 70.8 Å². The van der Waals surface area contributed by atoms with Gasteiger partial charge in [0.2, 0.25) is 0 Å². The second kappa shape index (κ2) is 6.79. The Labute approximate surface area is 171 Å². The molecule has 1 saturated heterocycles. The fourth-order valence-electron chi connectivity index (χ4n) is 4.20. The number of piperidine rings is 1. The maximum atomic E-state index is 5.00. The van der Waals surface area contributed by atoms with E-state index in [4.69, 9.17) is 9.97 Å². The molecule has 0 aliphatic carbocycles. The quantitative estimate of drug-likeness (QED) is 0.410. The normalized spacial score (nSPS) is 15.4. The van der Waals surface area contributed by atoms with Crippen LogP contribution in [0.2, 0.25) is 0 Å². The van der Waals surface area contributed by atoms with Crippen molar-refractivity contribution in [2.75, 3.05) is 13.1 Å². The molecule has 1 aliphatic rings.